The predicted molar refractivity (Wildman–Crippen MR) is 104 cm³/mol. The second-order valence-electron chi connectivity index (χ2n) is 6.59. The molecule has 0 atom stereocenters. The first kappa shape index (κ1) is 19.5. The van der Waals surface area contributed by atoms with Gasteiger partial charge in [0.25, 0.3) is 0 Å². The SMILES string of the molecule is CCn1c(SCC(=O)NCCCC(C)C)nnc1-c1cccc(C)c1. The summed E-state index contributed by atoms with van der Waals surface area (Å²) >= 11 is 1.44. The third-order valence-corrected chi connectivity index (χ3v) is 4.89. The minimum absolute atomic E-state index is 0.0523. The molecule has 1 heterocycles. The van der Waals surface area contributed by atoms with E-state index in [4.69, 9.17) is 0 Å². The Morgan fingerprint density at radius 1 is 1.32 bits per heavy atom. The average Bonchev–Trinajstić information content (AvgIpc) is 2.99. The highest BCUT2D eigenvalue weighted by atomic mass is 32.2. The fourth-order valence-corrected chi connectivity index (χ4v) is 3.43. The Labute approximate surface area is 154 Å². The van der Waals surface area contributed by atoms with E-state index in [0.29, 0.717) is 11.7 Å². The lowest BCUT2D eigenvalue weighted by Crippen LogP contribution is -2.26. The van der Waals surface area contributed by atoms with Gasteiger partial charge in [0.15, 0.2) is 11.0 Å². The van der Waals surface area contributed by atoms with Gasteiger partial charge in [0.2, 0.25) is 5.91 Å². The molecule has 1 amide bonds. The van der Waals surface area contributed by atoms with E-state index in [9.17, 15) is 4.79 Å². The maximum Gasteiger partial charge on any atom is 0.230 e. The number of carbonyl (C=O) groups excluding carboxylic acids is 1. The lowest BCUT2D eigenvalue weighted by atomic mass is 10.1. The van der Waals surface area contributed by atoms with Crippen molar-refractivity contribution >= 4 is 17.7 Å². The van der Waals surface area contributed by atoms with Gasteiger partial charge >= 0.3 is 0 Å². The molecule has 0 aliphatic carbocycles. The third-order valence-electron chi connectivity index (χ3n) is 3.92. The van der Waals surface area contributed by atoms with Gasteiger partial charge in [0.05, 0.1) is 5.75 Å². The van der Waals surface area contributed by atoms with E-state index in [1.165, 1.54) is 17.3 Å². The van der Waals surface area contributed by atoms with E-state index in [1.807, 2.05) is 12.1 Å². The van der Waals surface area contributed by atoms with Gasteiger partial charge in [-0.25, -0.2) is 0 Å². The number of thioether (sulfide) groups is 1. The Morgan fingerprint density at radius 2 is 2.12 bits per heavy atom. The molecule has 0 radical (unpaired) electrons. The summed E-state index contributed by atoms with van der Waals surface area (Å²) in [4.78, 5) is 12.0. The summed E-state index contributed by atoms with van der Waals surface area (Å²) in [7, 11) is 0. The third kappa shape index (κ3) is 5.88. The minimum atomic E-state index is 0.0523. The summed E-state index contributed by atoms with van der Waals surface area (Å²) in [6, 6.07) is 8.23. The van der Waals surface area contributed by atoms with Crippen LogP contribution in [0.3, 0.4) is 0 Å². The van der Waals surface area contributed by atoms with Crippen molar-refractivity contribution in [1.82, 2.24) is 20.1 Å². The Hall–Kier alpha value is -1.82. The summed E-state index contributed by atoms with van der Waals surface area (Å²) in [5.41, 5.74) is 2.25. The molecule has 25 heavy (non-hydrogen) atoms. The molecule has 0 saturated carbocycles. The molecule has 0 aliphatic rings. The fraction of sp³-hybridized carbons (Fsp3) is 0.526. The van der Waals surface area contributed by atoms with Crippen LogP contribution in [-0.4, -0.2) is 33.0 Å². The minimum Gasteiger partial charge on any atom is -0.355 e. The van der Waals surface area contributed by atoms with Crippen molar-refractivity contribution in [2.45, 2.75) is 52.2 Å². The molecule has 0 saturated heterocycles. The molecular weight excluding hydrogens is 332 g/mol. The van der Waals surface area contributed by atoms with E-state index in [2.05, 4.69) is 59.9 Å². The first-order valence-electron chi connectivity index (χ1n) is 8.91. The van der Waals surface area contributed by atoms with Gasteiger partial charge in [-0.3, -0.25) is 4.79 Å². The van der Waals surface area contributed by atoms with Gasteiger partial charge in [0, 0.05) is 18.7 Å². The lowest BCUT2D eigenvalue weighted by Gasteiger charge is -2.08. The van der Waals surface area contributed by atoms with Crippen molar-refractivity contribution in [3.8, 4) is 11.4 Å². The summed E-state index contributed by atoms with van der Waals surface area (Å²) in [6.07, 6.45) is 2.16. The van der Waals surface area contributed by atoms with Crippen molar-refractivity contribution in [2.24, 2.45) is 5.92 Å². The van der Waals surface area contributed by atoms with Crippen LogP contribution in [0.15, 0.2) is 29.4 Å². The van der Waals surface area contributed by atoms with Gasteiger partial charge in [0.1, 0.15) is 0 Å². The summed E-state index contributed by atoms with van der Waals surface area (Å²) in [5.74, 6) is 1.95. The molecule has 6 heteroatoms. The van der Waals surface area contributed by atoms with Crippen molar-refractivity contribution in [2.75, 3.05) is 12.3 Å². The van der Waals surface area contributed by atoms with E-state index in [-0.39, 0.29) is 5.91 Å². The summed E-state index contributed by atoms with van der Waals surface area (Å²) in [5, 5.41) is 12.4. The topological polar surface area (TPSA) is 59.8 Å². The smallest absolute Gasteiger partial charge is 0.230 e. The number of nitrogens with zero attached hydrogens (tertiary/aromatic N) is 3. The fourth-order valence-electron chi connectivity index (χ4n) is 2.60. The van der Waals surface area contributed by atoms with Crippen LogP contribution in [0, 0.1) is 12.8 Å². The molecule has 136 valence electrons. The molecule has 5 nitrogen and oxygen atoms in total. The second kappa shape index (κ2) is 9.61. The molecule has 0 bridgehead atoms. The molecule has 2 aromatic rings. The van der Waals surface area contributed by atoms with E-state index in [0.717, 1.165) is 42.5 Å². The van der Waals surface area contributed by atoms with Crippen LogP contribution >= 0.6 is 11.8 Å². The number of rotatable bonds is 9. The number of amides is 1. The Balaban J connectivity index is 1.93. The monoisotopic (exact) mass is 360 g/mol. The van der Waals surface area contributed by atoms with Crippen molar-refractivity contribution in [3.63, 3.8) is 0 Å². The maximum absolute atomic E-state index is 12.0. The second-order valence-corrected chi connectivity index (χ2v) is 7.54. The zero-order valence-corrected chi connectivity index (χ0v) is 16.4. The molecule has 0 fully saturated rings. The molecule has 0 spiro atoms. The molecule has 1 N–H and O–H groups in total. The number of hydrogen-bond acceptors (Lipinski definition) is 4. The number of hydrogen-bond donors (Lipinski definition) is 1. The van der Waals surface area contributed by atoms with Crippen LogP contribution in [0.25, 0.3) is 11.4 Å². The van der Waals surface area contributed by atoms with E-state index < -0.39 is 0 Å². The number of aromatic nitrogens is 3. The quantitative estimate of drug-likeness (QED) is 0.544. The van der Waals surface area contributed by atoms with Crippen LogP contribution in [-0.2, 0) is 11.3 Å². The van der Waals surface area contributed by atoms with Crippen LogP contribution in [0.1, 0.15) is 39.2 Å². The Kier molecular flexibility index (Phi) is 7.50. The number of aryl methyl sites for hydroxylation is 1. The van der Waals surface area contributed by atoms with Crippen molar-refractivity contribution < 1.29 is 4.79 Å². The number of nitrogens with one attached hydrogen (secondary N) is 1. The van der Waals surface area contributed by atoms with Crippen LogP contribution < -0.4 is 5.32 Å². The first-order valence-corrected chi connectivity index (χ1v) is 9.89. The van der Waals surface area contributed by atoms with Crippen molar-refractivity contribution in [1.29, 1.82) is 0 Å². The Bertz CT molecular complexity index is 696. The zero-order valence-electron chi connectivity index (χ0n) is 15.6. The standard InChI is InChI=1S/C19H28N4OS/c1-5-23-18(16-10-6-9-15(4)12-16)21-22-19(23)25-13-17(24)20-11-7-8-14(2)3/h6,9-10,12,14H,5,7-8,11,13H2,1-4H3,(H,20,24). The molecule has 1 aromatic heterocycles. The largest absolute Gasteiger partial charge is 0.355 e. The number of benzene rings is 1. The molecule has 2 rings (SSSR count). The summed E-state index contributed by atoms with van der Waals surface area (Å²) in [6.45, 7) is 10.0. The normalized spacial score (nSPS) is 11.1. The average molecular weight is 361 g/mol. The first-order chi connectivity index (χ1) is 12.0. The maximum atomic E-state index is 12.0. The Morgan fingerprint density at radius 3 is 2.80 bits per heavy atom. The highest BCUT2D eigenvalue weighted by Gasteiger charge is 2.14. The molecule has 0 aliphatic heterocycles. The van der Waals surface area contributed by atoms with Crippen LogP contribution in [0.2, 0.25) is 0 Å². The van der Waals surface area contributed by atoms with Crippen LogP contribution in [0.4, 0.5) is 0 Å². The molecule has 1 aromatic carbocycles. The zero-order chi connectivity index (χ0) is 18.2. The van der Waals surface area contributed by atoms with Gasteiger partial charge in [-0.15, -0.1) is 10.2 Å². The predicted octanol–water partition coefficient (Wildman–Crippen LogP) is 3.92. The van der Waals surface area contributed by atoms with Crippen LogP contribution in [0.5, 0.6) is 0 Å². The lowest BCUT2D eigenvalue weighted by molar-refractivity contribution is -0.118. The highest BCUT2D eigenvalue weighted by molar-refractivity contribution is 7.99. The van der Waals surface area contributed by atoms with Gasteiger partial charge in [-0.05, 0) is 38.7 Å². The van der Waals surface area contributed by atoms with E-state index >= 15 is 0 Å². The van der Waals surface area contributed by atoms with Gasteiger partial charge < -0.3 is 9.88 Å². The summed E-state index contributed by atoms with van der Waals surface area (Å²) < 4.78 is 2.06. The molecule has 0 unspecified atom stereocenters. The van der Waals surface area contributed by atoms with E-state index in [1.54, 1.807) is 0 Å². The number of carbonyl (C=O) groups is 1. The van der Waals surface area contributed by atoms with Gasteiger partial charge in [-0.1, -0.05) is 49.4 Å². The van der Waals surface area contributed by atoms with Crippen molar-refractivity contribution in [3.05, 3.63) is 29.8 Å². The molecular formula is C19H28N4OS. The highest BCUT2D eigenvalue weighted by Crippen LogP contribution is 2.24. The van der Waals surface area contributed by atoms with Gasteiger partial charge in [-0.2, -0.15) is 0 Å².